The van der Waals surface area contributed by atoms with Gasteiger partial charge in [-0.05, 0) is 25.7 Å². The zero-order chi connectivity index (χ0) is 12.0. The molecule has 1 aliphatic carbocycles. The maximum Gasteiger partial charge on any atom is 0.306 e. The van der Waals surface area contributed by atoms with Crippen LogP contribution in [0.3, 0.4) is 0 Å². The van der Waals surface area contributed by atoms with Gasteiger partial charge >= 0.3 is 5.97 Å². The van der Waals surface area contributed by atoms with E-state index >= 15 is 0 Å². The van der Waals surface area contributed by atoms with E-state index in [1.165, 1.54) is 0 Å². The number of rotatable bonds is 5. The smallest absolute Gasteiger partial charge is 0.306 e. The molecule has 0 aliphatic heterocycles. The van der Waals surface area contributed by atoms with Gasteiger partial charge in [0.15, 0.2) is 0 Å². The average molecular weight is 224 g/mol. The molecule has 1 fully saturated rings. The fourth-order valence-electron chi connectivity index (χ4n) is 1.97. The van der Waals surface area contributed by atoms with Crippen LogP contribution >= 0.6 is 0 Å². The number of nitrogens with zero attached hydrogens (tertiary/aromatic N) is 1. The molecule has 0 saturated heterocycles. The molecule has 0 aromatic carbocycles. The quantitative estimate of drug-likeness (QED) is 0.679. The fraction of sp³-hybridized carbons (Fsp3) is 0.727. The van der Waals surface area contributed by atoms with Crippen LogP contribution in [0, 0.1) is 23.2 Å². The Morgan fingerprint density at radius 3 is 2.62 bits per heavy atom. The highest BCUT2D eigenvalue weighted by Gasteiger charge is 2.33. The third-order valence-corrected chi connectivity index (χ3v) is 2.92. The minimum absolute atomic E-state index is 0.0679. The molecule has 1 saturated carbocycles. The number of carbonyl (C=O) groups is 2. The van der Waals surface area contributed by atoms with Gasteiger partial charge in [-0.3, -0.25) is 9.59 Å². The number of nitrogens with one attached hydrogen (secondary N) is 1. The van der Waals surface area contributed by atoms with Crippen LogP contribution < -0.4 is 5.32 Å². The highest BCUT2D eigenvalue weighted by atomic mass is 16.4. The Labute approximate surface area is 94.4 Å². The monoisotopic (exact) mass is 224 g/mol. The molecule has 2 N–H and O–H groups in total. The molecule has 0 aromatic rings. The van der Waals surface area contributed by atoms with E-state index in [0.29, 0.717) is 38.6 Å². The van der Waals surface area contributed by atoms with Gasteiger partial charge in [0.05, 0.1) is 12.0 Å². The van der Waals surface area contributed by atoms with Crippen LogP contribution in [0.4, 0.5) is 0 Å². The van der Waals surface area contributed by atoms with Gasteiger partial charge in [0.25, 0.3) is 0 Å². The molecule has 88 valence electrons. The van der Waals surface area contributed by atoms with Gasteiger partial charge in [0, 0.05) is 18.9 Å². The second-order valence-corrected chi connectivity index (χ2v) is 4.10. The number of carboxylic acids is 1. The Balaban J connectivity index is 2.23. The molecule has 0 heterocycles. The number of carbonyl (C=O) groups excluding carboxylic acids is 1. The van der Waals surface area contributed by atoms with Crippen LogP contribution in [-0.4, -0.2) is 23.5 Å². The Morgan fingerprint density at radius 2 is 2.06 bits per heavy atom. The second kappa shape index (κ2) is 6.11. The maximum absolute atomic E-state index is 11.6. The molecule has 5 heteroatoms. The number of carboxylic acid groups (broad SMARTS) is 1. The predicted molar refractivity (Wildman–Crippen MR) is 56.3 cm³/mol. The van der Waals surface area contributed by atoms with Gasteiger partial charge in [-0.25, -0.2) is 0 Å². The van der Waals surface area contributed by atoms with Crippen molar-refractivity contribution in [3.8, 4) is 6.07 Å². The van der Waals surface area contributed by atoms with Gasteiger partial charge in [-0.2, -0.15) is 5.26 Å². The Morgan fingerprint density at radius 1 is 1.38 bits per heavy atom. The largest absolute Gasteiger partial charge is 0.481 e. The van der Waals surface area contributed by atoms with Gasteiger partial charge in [0.1, 0.15) is 0 Å². The lowest BCUT2D eigenvalue weighted by Gasteiger charge is -2.09. The third kappa shape index (κ3) is 3.54. The SMILES string of the molecule is N#CCCCNC(=O)C1CCC(C(=O)O)C1. The zero-order valence-electron chi connectivity index (χ0n) is 9.11. The predicted octanol–water partition coefficient (Wildman–Crippen LogP) is 0.907. The lowest BCUT2D eigenvalue weighted by atomic mass is 10.0. The second-order valence-electron chi connectivity index (χ2n) is 4.10. The Kier molecular flexibility index (Phi) is 4.77. The summed E-state index contributed by atoms with van der Waals surface area (Å²) in [7, 11) is 0. The Hall–Kier alpha value is -1.57. The maximum atomic E-state index is 11.6. The molecular weight excluding hydrogens is 208 g/mol. The van der Waals surface area contributed by atoms with Gasteiger partial charge in [-0.15, -0.1) is 0 Å². The summed E-state index contributed by atoms with van der Waals surface area (Å²) in [5.74, 6) is -1.40. The Bertz CT molecular complexity index is 309. The number of aliphatic carboxylic acids is 1. The van der Waals surface area contributed by atoms with Gasteiger partial charge < -0.3 is 10.4 Å². The molecule has 0 spiro atoms. The zero-order valence-corrected chi connectivity index (χ0v) is 9.11. The van der Waals surface area contributed by atoms with Crippen molar-refractivity contribution < 1.29 is 14.7 Å². The van der Waals surface area contributed by atoms with E-state index in [1.54, 1.807) is 0 Å². The van der Waals surface area contributed by atoms with Crippen LogP contribution in [0.1, 0.15) is 32.1 Å². The van der Waals surface area contributed by atoms with Crippen molar-refractivity contribution in [2.75, 3.05) is 6.54 Å². The summed E-state index contributed by atoms with van der Waals surface area (Å²) < 4.78 is 0. The van der Waals surface area contributed by atoms with Gasteiger partial charge in [-0.1, -0.05) is 0 Å². The molecule has 16 heavy (non-hydrogen) atoms. The van der Waals surface area contributed by atoms with Crippen molar-refractivity contribution >= 4 is 11.9 Å². The van der Waals surface area contributed by atoms with Crippen LogP contribution in [0.5, 0.6) is 0 Å². The first-order valence-corrected chi connectivity index (χ1v) is 5.52. The minimum Gasteiger partial charge on any atom is -0.481 e. The van der Waals surface area contributed by atoms with Crippen molar-refractivity contribution in [2.24, 2.45) is 11.8 Å². The first kappa shape index (κ1) is 12.5. The number of unbranched alkanes of at least 4 members (excludes halogenated alkanes) is 1. The van der Waals surface area contributed by atoms with E-state index in [0.717, 1.165) is 0 Å². The van der Waals surface area contributed by atoms with Gasteiger partial charge in [0.2, 0.25) is 5.91 Å². The molecule has 1 amide bonds. The van der Waals surface area contributed by atoms with E-state index in [9.17, 15) is 9.59 Å². The number of hydrogen-bond donors (Lipinski definition) is 2. The highest BCUT2D eigenvalue weighted by molar-refractivity contribution is 5.80. The highest BCUT2D eigenvalue weighted by Crippen LogP contribution is 2.30. The fourth-order valence-corrected chi connectivity index (χ4v) is 1.97. The van der Waals surface area contributed by atoms with E-state index in [-0.39, 0.29) is 17.7 Å². The number of nitriles is 1. The minimum atomic E-state index is -0.806. The molecule has 0 radical (unpaired) electrons. The lowest BCUT2D eigenvalue weighted by molar-refractivity contribution is -0.141. The summed E-state index contributed by atoms with van der Waals surface area (Å²) in [5.41, 5.74) is 0. The van der Waals surface area contributed by atoms with Crippen LogP contribution in [0.2, 0.25) is 0 Å². The summed E-state index contributed by atoms with van der Waals surface area (Å²) >= 11 is 0. The molecule has 5 nitrogen and oxygen atoms in total. The third-order valence-electron chi connectivity index (χ3n) is 2.92. The molecule has 0 bridgehead atoms. The molecular formula is C11H16N2O3. The van der Waals surface area contributed by atoms with Crippen LogP contribution in [0.25, 0.3) is 0 Å². The first-order chi connectivity index (χ1) is 7.65. The summed E-state index contributed by atoms with van der Waals surface area (Å²) in [6.45, 7) is 0.501. The van der Waals surface area contributed by atoms with E-state index in [2.05, 4.69) is 5.32 Å². The van der Waals surface area contributed by atoms with E-state index in [4.69, 9.17) is 10.4 Å². The standard InChI is InChI=1S/C11H16N2O3/c12-5-1-2-6-13-10(14)8-3-4-9(7-8)11(15)16/h8-9H,1-4,6-7H2,(H,13,14)(H,15,16). The van der Waals surface area contributed by atoms with E-state index < -0.39 is 5.97 Å². The van der Waals surface area contributed by atoms with Crippen molar-refractivity contribution in [3.63, 3.8) is 0 Å². The number of amides is 1. The summed E-state index contributed by atoms with van der Waals surface area (Å²) in [6, 6.07) is 2.00. The van der Waals surface area contributed by atoms with Crippen molar-refractivity contribution in [2.45, 2.75) is 32.1 Å². The summed E-state index contributed by atoms with van der Waals surface area (Å²) in [5, 5.41) is 19.8. The molecule has 1 rings (SSSR count). The first-order valence-electron chi connectivity index (χ1n) is 5.52. The number of hydrogen-bond acceptors (Lipinski definition) is 3. The molecule has 1 aliphatic rings. The normalized spacial score (nSPS) is 23.7. The molecule has 0 aromatic heterocycles. The van der Waals surface area contributed by atoms with E-state index in [1.807, 2.05) is 6.07 Å². The van der Waals surface area contributed by atoms with Crippen LogP contribution in [0.15, 0.2) is 0 Å². The van der Waals surface area contributed by atoms with Crippen molar-refractivity contribution in [1.82, 2.24) is 5.32 Å². The van der Waals surface area contributed by atoms with Crippen molar-refractivity contribution in [1.29, 1.82) is 5.26 Å². The average Bonchev–Trinajstić information content (AvgIpc) is 2.73. The van der Waals surface area contributed by atoms with Crippen LogP contribution in [-0.2, 0) is 9.59 Å². The van der Waals surface area contributed by atoms with Crippen molar-refractivity contribution in [3.05, 3.63) is 0 Å². The lowest BCUT2D eigenvalue weighted by Crippen LogP contribution is -2.30. The topological polar surface area (TPSA) is 90.2 Å². The summed E-state index contributed by atoms with van der Waals surface area (Å²) in [6.07, 6.45) is 2.77. The summed E-state index contributed by atoms with van der Waals surface area (Å²) in [4.78, 5) is 22.3. The molecule has 2 unspecified atom stereocenters. The molecule has 2 atom stereocenters.